The second kappa shape index (κ2) is 9.68. The van der Waals surface area contributed by atoms with E-state index in [0.29, 0.717) is 18.1 Å². The van der Waals surface area contributed by atoms with Gasteiger partial charge in [-0.2, -0.15) is 0 Å². The maximum atomic E-state index is 11.2. The summed E-state index contributed by atoms with van der Waals surface area (Å²) >= 11 is 5.93. The largest absolute Gasteiger partial charge is 0.395 e. The maximum Gasteiger partial charge on any atom is 0.127 e. The van der Waals surface area contributed by atoms with Gasteiger partial charge in [0.15, 0.2) is 0 Å². The number of aryl methyl sites for hydroxylation is 1. The van der Waals surface area contributed by atoms with Crippen LogP contribution in [0, 0.1) is 6.92 Å². The molecule has 2 rings (SSSR count). The second-order valence-corrected chi connectivity index (χ2v) is 5.57. The summed E-state index contributed by atoms with van der Waals surface area (Å²) in [6.07, 6.45) is 0. The highest BCUT2D eigenvalue weighted by molar-refractivity contribution is 6.30. The summed E-state index contributed by atoms with van der Waals surface area (Å²) in [5.41, 5.74) is 1.55. The molecule has 0 saturated carbocycles. The minimum Gasteiger partial charge on any atom is -0.395 e. The summed E-state index contributed by atoms with van der Waals surface area (Å²) in [7, 11) is 0. The smallest absolute Gasteiger partial charge is 0.127 e. The summed E-state index contributed by atoms with van der Waals surface area (Å²) in [5, 5.41) is 23.8. The highest BCUT2D eigenvalue weighted by Crippen LogP contribution is 2.30. The van der Waals surface area contributed by atoms with Gasteiger partial charge in [0.1, 0.15) is 5.60 Å². The first-order valence-corrected chi connectivity index (χ1v) is 8.31. The molecule has 0 fully saturated rings. The number of hydrogen-bond acceptors (Lipinski definition) is 3. The molecule has 0 amide bonds. The molecule has 0 heterocycles. The Balaban J connectivity index is 0.00000127. The van der Waals surface area contributed by atoms with Crippen LogP contribution in [0.1, 0.15) is 30.5 Å². The highest BCUT2D eigenvalue weighted by atomic mass is 35.5. The van der Waals surface area contributed by atoms with Crippen LogP contribution in [0.4, 0.5) is 0 Å². The van der Waals surface area contributed by atoms with E-state index >= 15 is 0 Å². The molecule has 3 nitrogen and oxygen atoms in total. The first-order valence-electron chi connectivity index (χ1n) is 7.93. The second-order valence-electron chi connectivity index (χ2n) is 5.13. The molecule has 4 heteroatoms. The van der Waals surface area contributed by atoms with E-state index in [1.165, 1.54) is 0 Å². The van der Waals surface area contributed by atoms with Crippen molar-refractivity contribution in [2.45, 2.75) is 26.4 Å². The highest BCUT2D eigenvalue weighted by Gasteiger charge is 2.31. The third-order valence-electron chi connectivity index (χ3n) is 3.52. The fourth-order valence-corrected chi connectivity index (χ4v) is 2.40. The van der Waals surface area contributed by atoms with Crippen LogP contribution in [-0.2, 0) is 5.60 Å². The molecule has 3 N–H and O–H groups in total. The Labute approximate surface area is 143 Å². The summed E-state index contributed by atoms with van der Waals surface area (Å²) < 4.78 is 0. The number of aliphatic hydroxyl groups excluding tert-OH is 1. The fraction of sp³-hybridized carbons (Fsp3) is 0.368. The quantitative estimate of drug-likeness (QED) is 0.708. The van der Waals surface area contributed by atoms with Gasteiger partial charge in [-0.25, -0.2) is 0 Å². The van der Waals surface area contributed by atoms with Crippen LogP contribution in [0.2, 0.25) is 5.02 Å². The number of aliphatic hydroxyl groups is 2. The minimum atomic E-state index is -1.16. The molecule has 0 bridgehead atoms. The number of hydrogen-bond donors (Lipinski definition) is 3. The van der Waals surface area contributed by atoms with Gasteiger partial charge >= 0.3 is 0 Å². The lowest BCUT2D eigenvalue weighted by atomic mass is 9.86. The van der Waals surface area contributed by atoms with E-state index in [1.54, 1.807) is 12.1 Å². The van der Waals surface area contributed by atoms with Crippen molar-refractivity contribution in [3.63, 3.8) is 0 Å². The lowest BCUT2D eigenvalue weighted by Crippen LogP contribution is -2.40. The summed E-state index contributed by atoms with van der Waals surface area (Å²) in [4.78, 5) is 0. The predicted octanol–water partition coefficient (Wildman–Crippen LogP) is 3.49. The Hall–Kier alpha value is -1.39. The standard InChI is InChI=1S/C17H20ClNO2.C2H6/c1-13-2-4-14(5-3-13)17(21,12-19-10-11-20)15-6-8-16(18)9-7-15;1-2/h2-9,19-21H,10-12H2,1H3;1-2H3. The van der Waals surface area contributed by atoms with E-state index in [0.717, 1.165) is 16.7 Å². The molecular formula is C19H26ClNO2. The molecule has 0 aliphatic heterocycles. The summed E-state index contributed by atoms with van der Waals surface area (Å²) in [6.45, 7) is 6.79. The molecular weight excluding hydrogens is 310 g/mol. The van der Waals surface area contributed by atoms with Crippen molar-refractivity contribution in [3.8, 4) is 0 Å². The van der Waals surface area contributed by atoms with Gasteiger partial charge in [-0.3, -0.25) is 0 Å². The molecule has 23 heavy (non-hydrogen) atoms. The first-order chi connectivity index (χ1) is 11.1. The van der Waals surface area contributed by atoms with Gasteiger partial charge in [0, 0.05) is 18.1 Å². The predicted molar refractivity (Wildman–Crippen MR) is 96.9 cm³/mol. The SMILES string of the molecule is CC.Cc1ccc(C(O)(CNCCO)c2ccc(Cl)cc2)cc1. The molecule has 0 aromatic heterocycles. The molecule has 0 radical (unpaired) electrons. The van der Waals surface area contributed by atoms with Gasteiger partial charge in [-0.15, -0.1) is 0 Å². The molecule has 0 spiro atoms. The van der Waals surface area contributed by atoms with Crippen molar-refractivity contribution >= 4 is 11.6 Å². The van der Waals surface area contributed by atoms with Crippen molar-refractivity contribution in [1.29, 1.82) is 0 Å². The number of rotatable bonds is 6. The Morgan fingerprint density at radius 2 is 1.43 bits per heavy atom. The Kier molecular flexibility index (Phi) is 8.28. The number of halogens is 1. The van der Waals surface area contributed by atoms with Crippen molar-refractivity contribution in [2.24, 2.45) is 0 Å². The van der Waals surface area contributed by atoms with Crippen LogP contribution in [0.5, 0.6) is 0 Å². The van der Waals surface area contributed by atoms with E-state index in [9.17, 15) is 5.11 Å². The summed E-state index contributed by atoms with van der Waals surface area (Å²) in [5.74, 6) is 0. The average Bonchev–Trinajstić information content (AvgIpc) is 2.58. The third-order valence-corrected chi connectivity index (χ3v) is 3.77. The average molecular weight is 336 g/mol. The fourth-order valence-electron chi connectivity index (χ4n) is 2.27. The van der Waals surface area contributed by atoms with Gasteiger partial charge in [0.25, 0.3) is 0 Å². The maximum absolute atomic E-state index is 11.2. The molecule has 0 aliphatic carbocycles. The van der Waals surface area contributed by atoms with Crippen LogP contribution >= 0.6 is 11.6 Å². The van der Waals surface area contributed by atoms with Crippen molar-refractivity contribution in [1.82, 2.24) is 5.32 Å². The van der Waals surface area contributed by atoms with E-state index in [4.69, 9.17) is 16.7 Å². The van der Waals surface area contributed by atoms with Crippen LogP contribution in [0.15, 0.2) is 48.5 Å². The monoisotopic (exact) mass is 335 g/mol. The minimum absolute atomic E-state index is 0.0323. The third kappa shape index (κ3) is 5.33. The van der Waals surface area contributed by atoms with Crippen molar-refractivity contribution < 1.29 is 10.2 Å². The van der Waals surface area contributed by atoms with Crippen LogP contribution in [0.25, 0.3) is 0 Å². The van der Waals surface area contributed by atoms with E-state index in [-0.39, 0.29) is 6.61 Å². The van der Waals surface area contributed by atoms with E-state index in [1.807, 2.05) is 57.2 Å². The Morgan fingerprint density at radius 1 is 0.957 bits per heavy atom. The topological polar surface area (TPSA) is 52.5 Å². The van der Waals surface area contributed by atoms with Gasteiger partial charge < -0.3 is 15.5 Å². The normalized spacial score (nSPS) is 13.0. The van der Waals surface area contributed by atoms with Crippen LogP contribution < -0.4 is 5.32 Å². The van der Waals surface area contributed by atoms with Gasteiger partial charge in [-0.05, 0) is 30.2 Å². The van der Waals surface area contributed by atoms with Gasteiger partial charge in [0.05, 0.1) is 6.61 Å². The van der Waals surface area contributed by atoms with E-state index in [2.05, 4.69) is 5.32 Å². The molecule has 126 valence electrons. The van der Waals surface area contributed by atoms with Crippen LogP contribution in [0.3, 0.4) is 0 Å². The lowest BCUT2D eigenvalue weighted by molar-refractivity contribution is 0.0786. The molecule has 1 atom stereocenters. The zero-order chi connectivity index (χ0) is 17.3. The molecule has 0 aliphatic rings. The Bertz CT molecular complexity index is 521. The lowest BCUT2D eigenvalue weighted by Gasteiger charge is -2.30. The van der Waals surface area contributed by atoms with Crippen LogP contribution in [-0.4, -0.2) is 29.9 Å². The van der Waals surface area contributed by atoms with Crippen molar-refractivity contribution in [3.05, 3.63) is 70.2 Å². The van der Waals surface area contributed by atoms with Gasteiger partial charge in [-0.1, -0.05) is 67.4 Å². The number of benzene rings is 2. The summed E-state index contributed by atoms with van der Waals surface area (Å²) in [6, 6.07) is 15.0. The molecule has 2 aromatic rings. The Morgan fingerprint density at radius 3 is 1.91 bits per heavy atom. The molecule has 0 saturated heterocycles. The molecule has 1 unspecified atom stereocenters. The molecule has 2 aromatic carbocycles. The van der Waals surface area contributed by atoms with Gasteiger partial charge in [0.2, 0.25) is 0 Å². The van der Waals surface area contributed by atoms with E-state index < -0.39 is 5.60 Å². The first kappa shape index (κ1) is 19.7. The zero-order valence-corrected chi connectivity index (χ0v) is 14.8. The zero-order valence-electron chi connectivity index (χ0n) is 14.0. The number of nitrogens with one attached hydrogen (secondary N) is 1. The van der Waals surface area contributed by atoms with Crippen molar-refractivity contribution in [2.75, 3.05) is 19.7 Å².